The highest BCUT2D eigenvalue weighted by Gasteiger charge is 2.10. The van der Waals surface area contributed by atoms with Crippen molar-refractivity contribution in [1.82, 2.24) is 0 Å². The molecule has 0 radical (unpaired) electrons. The normalized spacial score (nSPS) is 12.6. The molecule has 1 nitrogen and oxygen atoms in total. The van der Waals surface area contributed by atoms with E-state index >= 15 is 0 Å². The van der Waals surface area contributed by atoms with Crippen LogP contribution in [0.5, 0.6) is 0 Å². The molecular weight excluding hydrogens is 203 g/mol. The molecule has 0 aromatic heterocycles. The summed E-state index contributed by atoms with van der Waals surface area (Å²) in [5.41, 5.74) is 0.808. The molecule has 0 fully saturated rings. The van der Waals surface area contributed by atoms with Crippen LogP contribution in [-0.2, 0) is 4.79 Å². The van der Waals surface area contributed by atoms with Crippen LogP contribution < -0.4 is 0 Å². The number of carbonyl (C=O) groups excluding carboxylic acids is 1. The van der Waals surface area contributed by atoms with Gasteiger partial charge in [-0.1, -0.05) is 24.6 Å². The van der Waals surface area contributed by atoms with E-state index in [4.69, 9.17) is 11.6 Å². The van der Waals surface area contributed by atoms with Crippen molar-refractivity contribution in [1.29, 1.82) is 0 Å². The van der Waals surface area contributed by atoms with E-state index in [-0.39, 0.29) is 16.7 Å². The Labute approximate surface area is 87.9 Å². The fourth-order valence-electron chi connectivity index (χ4n) is 1.37. The smallest absolute Gasteiger partial charge is 0.142 e. The Morgan fingerprint density at radius 1 is 1.57 bits per heavy atom. The van der Waals surface area contributed by atoms with Crippen LogP contribution >= 0.6 is 11.6 Å². The molecule has 1 atom stereocenters. The van der Waals surface area contributed by atoms with Gasteiger partial charge in [0.2, 0.25) is 0 Å². The van der Waals surface area contributed by atoms with Crippen LogP contribution in [0.3, 0.4) is 0 Å². The number of carbonyl (C=O) groups is 1. The number of benzene rings is 1. The summed E-state index contributed by atoms with van der Waals surface area (Å²) in [6, 6.07) is 4.65. The SMILES string of the molecule is CC(=O)CC(C)c1ccc(Cl)c(F)c1. The van der Waals surface area contributed by atoms with Crippen molar-refractivity contribution in [2.24, 2.45) is 0 Å². The van der Waals surface area contributed by atoms with Crippen molar-refractivity contribution in [3.63, 3.8) is 0 Å². The average Bonchev–Trinajstić information content (AvgIpc) is 2.08. The van der Waals surface area contributed by atoms with Crippen LogP contribution in [0.4, 0.5) is 4.39 Å². The van der Waals surface area contributed by atoms with Crippen LogP contribution in [0.1, 0.15) is 31.7 Å². The lowest BCUT2D eigenvalue weighted by atomic mass is 9.96. The van der Waals surface area contributed by atoms with Crippen molar-refractivity contribution < 1.29 is 9.18 Å². The molecule has 0 saturated heterocycles. The van der Waals surface area contributed by atoms with Crippen LogP contribution in [0, 0.1) is 5.82 Å². The topological polar surface area (TPSA) is 17.1 Å². The Bertz CT molecular complexity index is 349. The monoisotopic (exact) mass is 214 g/mol. The zero-order chi connectivity index (χ0) is 10.7. The molecular formula is C11H12ClFO. The van der Waals surface area contributed by atoms with Crippen molar-refractivity contribution in [3.05, 3.63) is 34.6 Å². The second-order valence-corrected chi connectivity index (χ2v) is 3.89. The molecule has 0 aliphatic heterocycles. The Morgan fingerprint density at radius 2 is 2.21 bits per heavy atom. The van der Waals surface area contributed by atoms with Gasteiger partial charge in [-0.15, -0.1) is 0 Å². The number of hydrogen-bond acceptors (Lipinski definition) is 1. The molecule has 0 aliphatic rings. The van der Waals surface area contributed by atoms with Gasteiger partial charge in [-0.2, -0.15) is 0 Å². The highest BCUT2D eigenvalue weighted by atomic mass is 35.5. The highest BCUT2D eigenvalue weighted by Crippen LogP contribution is 2.23. The first-order valence-corrected chi connectivity index (χ1v) is 4.83. The summed E-state index contributed by atoms with van der Waals surface area (Å²) in [6.45, 7) is 3.42. The van der Waals surface area contributed by atoms with Crippen LogP contribution in [0.2, 0.25) is 5.02 Å². The molecule has 1 aromatic rings. The summed E-state index contributed by atoms with van der Waals surface area (Å²) in [5.74, 6) is -0.285. The molecule has 1 unspecified atom stereocenters. The molecule has 0 spiro atoms. The van der Waals surface area contributed by atoms with Crippen LogP contribution in [0.15, 0.2) is 18.2 Å². The molecule has 0 heterocycles. The summed E-state index contributed by atoms with van der Waals surface area (Å²) >= 11 is 5.55. The fraction of sp³-hybridized carbons (Fsp3) is 0.364. The summed E-state index contributed by atoms with van der Waals surface area (Å²) in [5, 5.41) is 0.115. The van der Waals surface area contributed by atoms with Gasteiger partial charge in [-0.3, -0.25) is 0 Å². The molecule has 1 rings (SSSR count). The van der Waals surface area contributed by atoms with E-state index in [1.54, 1.807) is 6.07 Å². The van der Waals surface area contributed by atoms with E-state index in [1.807, 2.05) is 6.92 Å². The predicted octanol–water partition coefficient (Wildman–Crippen LogP) is 3.56. The summed E-state index contributed by atoms with van der Waals surface area (Å²) in [7, 11) is 0. The van der Waals surface area contributed by atoms with Gasteiger partial charge >= 0.3 is 0 Å². The molecule has 76 valence electrons. The van der Waals surface area contributed by atoms with Gasteiger partial charge in [0.05, 0.1) is 5.02 Å². The molecule has 0 aliphatic carbocycles. The van der Waals surface area contributed by atoms with Crippen molar-refractivity contribution in [2.75, 3.05) is 0 Å². The summed E-state index contributed by atoms with van der Waals surface area (Å²) < 4.78 is 13.1. The van der Waals surface area contributed by atoms with E-state index in [2.05, 4.69) is 0 Å². The highest BCUT2D eigenvalue weighted by molar-refractivity contribution is 6.30. The van der Waals surface area contributed by atoms with Gasteiger partial charge in [0.15, 0.2) is 0 Å². The number of rotatable bonds is 3. The van der Waals surface area contributed by atoms with Gasteiger partial charge in [0, 0.05) is 6.42 Å². The van der Waals surface area contributed by atoms with Gasteiger partial charge < -0.3 is 4.79 Å². The first-order valence-electron chi connectivity index (χ1n) is 4.45. The van der Waals surface area contributed by atoms with E-state index in [0.717, 1.165) is 5.56 Å². The van der Waals surface area contributed by atoms with E-state index in [1.165, 1.54) is 19.1 Å². The van der Waals surface area contributed by atoms with E-state index in [0.29, 0.717) is 6.42 Å². The minimum Gasteiger partial charge on any atom is -0.300 e. The minimum atomic E-state index is -0.431. The zero-order valence-corrected chi connectivity index (χ0v) is 8.94. The first-order chi connectivity index (χ1) is 6.50. The van der Waals surface area contributed by atoms with E-state index in [9.17, 15) is 9.18 Å². The molecule has 0 saturated carbocycles. The lowest BCUT2D eigenvalue weighted by Gasteiger charge is -2.09. The minimum absolute atomic E-state index is 0.0410. The number of halogens is 2. The third-order valence-corrected chi connectivity index (χ3v) is 2.41. The van der Waals surface area contributed by atoms with Crippen molar-refractivity contribution in [3.8, 4) is 0 Å². The summed E-state index contributed by atoms with van der Waals surface area (Å²) in [4.78, 5) is 10.9. The molecule has 14 heavy (non-hydrogen) atoms. The van der Waals surface area contributed by atoms with Crippen LogP contribution in [0.25, 0.3) is 0 Å². The Kier molecular flexibility index (Phi) is 3.64. The van der Waals surface area contributed by atoms with Crippen LogP contribution in [-0.4, -0.2) is 5.78 Å². The standard InChI is InChI=1S/C11H12ClFO/c1-7(5-8(2)14)9-3-4-10(12)11(13)6-9/h3-4,6-7H,5H2,1-2H3. The summed E-state index contributed by atoms with van der Waals surface area (Å²) in [6.07, 6.45) is 0.432. The third kappa shape index (κ3) is 2.81. The number of ketones is 1. The van der Waals surface area contributed by atoms with Crippen molar-refractivity contribution in [2.45, 2.75) is 26.2 Å². The molecule has 0 amide bonds. The maximum atomic E-state index is 13.1. The van der Waals surface area contributed by atoms with E-state index < -0.39 is 5.82 Å². The molecule has 3 heteroatoms. The molecule has 0 bridgehead atoms. The second-order valence-electron chi connectivity index (χ2n) is 3.48. The van der Waals surface area contributed by atoms with Gasteiger partial charge in [0.1, 0.15) is 11.6 Å². The lowest BCUT2D eigenvalue weighted by molar-refractivity contribution is -0.117. The quantitative estimate of drug-likeness (QED) is 0.752. The maximum absolute atomic E-state index is 13.1. The first kappa shape index (κ1) is 11.2. The Balaban J connectivity index is 2.85. The maximum Gasteiger partial charge on any atom is 0.142 e. The van der Waals surface area contributed by atoms with Gasteiger partial charge in [-0.25, -0.2) is 4.39 Å². The largest absolute Gasteiger partial charge is 0.300 e. The second kappa shape index (κ2) is 4.56. The zero-order valence-electron chi connectivity index (χ0n) is 8.18. The lowest BCUT2D eigenvalue weighted by Crippen LogP contribution is -2.00. The average molecular weight is 215 g/mol. The molecule has 0 N–H and O–H groups in total. The Hall–Kier alpha value is -0.890. The van der Waals surface area contributed by atoms with Gasteiger partial charge in [0.25, 0.3) is 0 Å². The Morgan fingerprint density at radius 3 is 2.71 bits per heavy atom. The third-order valence-electron chi connectivity index (χ3n) is 2.11. The fourth-order valence-corrected chi connectivity index (χ4v) is 1.49. The van der Waals surface area contributed by atoms with Gasteiger partial charge in [-0.05, 0) is 30.5 Å². The van der Waals surface area contributed by atoms with Crippen molar-refractivity contribution >= 4 is 17.4 Å². The predicted molar refractivity (Wildman–Crippen MR) is 55.1 cm³/mol. The number of Topliss-reactive ketones (excluding diaryl/α,β-unsaturated/α-hetero) is 1. The number of hydrogen-bond donors (Lipinski definition) is 0. The molecule has 1 aromatic carbocycles.